The quantitative estimate of drug-likeness (QED) is 0.566. The van der Waals surface area contributed by atoms with Gasteiger partial charge in [0.15, 0.2) is 5.05 Å². The fourth-order valence-electron chi connectivity index (χ4n) is 4.13. The minimum Gasteiger partial charge on any atom is -0.351 e. The van der Waals surface area contributed by atoms with Gasteiger partial charge in [-0.25, -0.2) is 0 Å². The normalized spacial score (nSPS) is 23.2. The largest absolute Gasteiger partial charge is 0.351 e. The Labute approximate surface area is 174 Å². The van der Waals surface area contributed by atoms with Crippen molar-refractivity contribution in [2.24, 2.45) is 5.92 Å². The van der Waals surface area contributed by atoms with E-state index in [-0.39, 0.29) is 29.6 Å². The van der Waals surface area contributed by atoms with Crippen LogP contribution in [-0.4, -0.2) is 57.7 Å². The van der Waals surface area contributed by atoms with Crippen LogP contribution in [0.3, 0.4) is 0 Å². The van der Waals surface area contributed by atoms with Gasteiger partial charge >= 0.3 is 0 Å². The maximum Gasteiger partial charge on any atom is 0.246 e. The molecule has 3 N–H and O–H groups in total. The van der Waals surface area contributed by atoms with Gasteiger partial charge in [0.1, 0.15) is 6.61 Å². The van der Waals surface area contributed by atoms with Gasteiger partial charge in [0.25, 0.3) is 0 Å². The first kappa shape index (κ1) is 22.0. The van der Waals surface area contributed by atoms with E-state index in [1.165, 1.54) is 5.56 Å². The van der Waals surface area contributed by atoms with Crippen LogP contribution in [0.5, 0.6) is 0 Å². The Kier molecular flexibility index (Phi) is 8.67. The highest BCUT2D eigenvalue weighted by Crippen LogP contribution is 2.18. The first-order valence-corrected chi connectivity index (χ1v) is 11.6. The minimum absolute atomic E-state index is 0.0182. The summed E-state index contributed by atoms with van der Waals surface area (Å²) in [6, 6.07) is 9.75. The second-order valence-corrected chi connectivity index (χ2v) is 8.69. The molecule has 8 heteroatoms. The molecule has 7 nitrogen and oxygen atoms in total. The predicted molar refractivity (Wildman–Crippen MR) is 113 cm³/mol. The summed E-state index contributed by atoms with van der Waals surface area (Å²) < 4.78 is 28.6. The average molecular weight is 422 g/mol. The molecule has 0 radical (unpaired) electrons. The molecule has 0 saturated carbocycles. The number of benzene rings is 1. The fraction of sp³-hybridized carbons (Fsp3) is 0.619. The first-order chi connectivity index (χ1) is 14.1. The van der Waals surface area contributed by atoms with Gasteiger partial charge in [-0.05, 0) is 63.2 Å². The summed E-state index contributed by atoms with van der Waals surface area (Å²) in [6.45, 7) is 2.35. The monoisotopic (exact) mass is 421 g/mol. The lowest BCUT2D eigenvalue weighted by atomic mass is 9.87. The summed E-state index contributed by atoms with van der Waals surface area (Å²) in [5.74, 6) is 0.0558. The number of amides is 1. The fourth-order valence-corrected chi connectivity index (χ4v) is 4.72. The van der Waals surface area contributed by atoms with Crippen molar-refractivity contribution in [2.45, 2.75) is 50.6 Å². The number of hydrogen-bond acceptors (Lipinski definition) is 6. The third kappa shape index (κ3) is 6.92. The molecule has 2 heterocycles. The molecule has 2 saturated heterocycles. The third-order valence-electron chi connectivity index (χ3n) is 5.65. The van der Waals surface area contributed by atoms with E-state index in [1.807, 2.05) is 18.2 Å². The highest BCUT2D eigenvalue weighted by molar-refractivity contribution is 7.72. The number of carbonyl (C=O) groups excluding carboxylic acids is 1. The second-order valence-electron chi connectivity index (χ2n) is 7.82. The van der Waals surface area contributed by atoms with Crippen molar-refractivity contribution in [2.75, 3.05) is 26.2 Å². The van der Waals surface area contributed by atoms with Crippen molar-refractivity contribution < 1.29 is 17.9 Å². The molecule has 3 unspecified atom stereocenters. The standard InChI is InChI=1S/C21H31N3O4S/c25-20(15-28-21(29(26)27)18-10-4-5-12-23-18)24-19(17-9-6-11-22-14-17)13-16-7-2-1-3-8-16/h1-3,7-8,17-19,22-23H,4-6,9-15H2,(H,24,25). The Balaban J connectivity index is 1.60. The summed E-state index contributed by atoms with van der Waals surface area (Å²) in [7, 11) is -2.47. The molecule has 2 aliphatic rings. The summed E-state index contributed by atoms with van der Waals surface area (Å²) >= 11 is 0. The van der Waals surface area contributed by atoms with E-state index in [4.69, 9.17) is 4.74 Å². The Morgan fingerprint density at radius 1 is 1.14 bits per heavy atom. The average Bonchev–Trinajstić information content (AvgIpc) is 2.75. The van der Waals surface area contributed by atoms with Crippen molar-refractivity contribution in [1.29, 1.82) is 0 Å². The molecule has 0 spiro atoms. The van der Waals surface area contributed by atoms with E-state index < -0.39 is 10.3 Å². The van der Waals surface area contributed by atoms with Crippen molar-refractivity contribution in [1.82, 2.24) is 16.0 Å². The molecule has 2 aliphatic heterocycles. The van der Waals surface area contributed by atoms with Crippen LogP contribution in [-0.2, 0) is 26.2 Å². The zero-order valence-electron chi connectivity index (χ0n) is 16.7. The van der Waals surface area contributed by atoms with Crippen molar-refractivity contribution in [3.05, 3.63) is 35.9 Å². The smallest absolute Gasteiger partial charge is 0.246 e. The van der Waals surface area contributed by atoms with Crippen molar-refractivity contribution in [3.8, 4) is 0 Å². The second kappa shape index (κ2) is 11.4. The molecule has 1 aromatic rings. The number of hydrogen-bond donors (Lipinski definition) is 3. The van der Waals surface area contributed by atoms with E-state index in [9.17, 15) is 13.2 Å². The molecule has 29 heavy (non-hydrogen) atoms. The number of carbonyl (C=O) groups is 1. The number of ether oxygens (including phenoxy) is 1. The first-order valence-electron chi connectivity index (χ1n) is 10.5. The van der Waals surface area contributed by atoms with E-state index in [2.05, 4.69) is 28.1 Å². The van der Waals surface area contributed by atoms with Crippen LogP contribution >= 0.6 is 0 Å². The molecule has 0 bridgehead atoms. The summed E-state index contributed by atoms with van der Waals surface area (Å²) in [5, 5.41) is 9.60. The SMILES string of the molecule is O=C(COC(C1CCCCN1)=S(=O)=O)NC(Cc1ccccc1)C1CCCNC1. The molecular formula is C21H31N3O4S. The van der Waals surface area contributed by atoms with Crippen LogP contribution in [0, 0.1) is 5.92 Å². The molecule has 3 atom stereocenters. The maximum absolute atomic E-state index is 12.6. The van der Waals surface area contributed by atoms with Gasteiger partial charge < -0.3 is 20.7 Å². The van der Waals surface area contributed by atoms with Crippen LogP contribution < -0.4 is 16.0 Å². The number of piperidine rings is 2. The van der Waals surface area contributed by atoms with Crippen LogP contribution in [0.2, 0.25) is 0 Å². The zero-order chi connectivity index (χ0) is 20.5. The topological polar surface area (TPSA) is 96.5 Å². The lowest BCUT2D eigenvalue weighted by Crippen LogP contribution is -2.49. The van der Waals surface area contributed by atoms with Gasteiger partial charge in [-0.15, -0.1) is 0 Å². The van der Waals surface area contributed by atoms with Gasteiger partial charge in [0, 0.05) is 6.04 Å². The molecule has 1 amide bonds. The Morgan fingerprint density at radius 2 is 1.97 bits per heavy atom. The Hall–Kier alpha value is -1.74. The van der Waals surface area contributed by atoms with E-state index in [0.717, 1.165) is 51.7 Å². The Bertz CT molecular complexity index is 777. The summed E-state index contributed by atoms with van der Waals surface area (Å²) in [4.78, 5) is 12.6. The zero-order valence-corrected chi connectivity index (χ0v) is 17.5. The maximum atomic E-state index is 12.6. The molecular weight excluding hydrogens is 390 g/mol. The van der Waals surface area contributed by atoms with Crippen LogP contribution in [0.4, 0.5) is 0 Å². The van der Waals surface area contributed by atoms with Gasteiger partial charge in [-0.3, -0.25) is 4.79 Å². The molecule has 0 aliphatic carbocycles. The third-order valence-corrected chi connectivity index (χ3v) is 6.38. The van der Waals surface area contributed by atoms with E-state index in [1.54, 1.807) is 0 Å². The van der Waals surface area contributed by atoms with Crippen molar-refractivity contribution >= 4 is 21.3 Å². The van der Waals surface area contributed by atoms with E-state index in [0.29, 0.717) is 12.3 Å². The molecule has 1 aromatic carbocycles. The molecule has 3 rings (SSSR count). The van der Waals surface area contributed by atoms with Crippen LogP contribution in [0.15, 0.2) is 30.3 Å². The summed E-state index contributed by atoms with van der Waals surface area (Å²) in [6.07, 6.45) is 5.55. The van der Waals surface area contributed by atoms with Crippen molar-refractivity contribution in [3.63, 3.8) is 0 Å². The molecule has 2 fully saturated rings. The lowest BCUT2D eigenvalue weighted by Gasteiger charge is -2.31. The molecule has 160 valence electrons. The van der Waals surface area contributed by atoms with Gasteiger partial charge in [0.2, 0.25) is 16.2 Å². The highest BCUT2D eigenvalue weighted by Gasteiger charge is 2.26. The van der Waals surface area contributed by atoms with Crippen LogP contribution in [0.1, 0.15) is 37.7 Å². The highest BCUT2D eigenvalue weighted by atomic mass is 32.2. The molecule has 0 aromatic heterocycles. The van der Waals surface area contributed by atoms with Gasteiger partial charge in [0.05, 0.1) is 6.04 Å². The minimum atomic E-state index is -2.47. The van der Waals surface area contributed by atoms with Gasteiger partial charge in [-0.1, -0.05) is 36.8 Å². The number of rotatable bonds is 7. The number of nitrogens with one attached hydrogen (secondary N) is 3. The van der Waals surface area contributed by atoms with E-state index >= 15 is 0 Å². The Morgan fingerprint density at radius 3 is 2.62 bits per heavy atom. The van der Waals surface area contributed by atoms with Gasteiger partial charge in [-0.2, -0.15) is 8.42 Å². The predicted octanol–water partition coefficient (Wildman–Crippen LogP) is 0.881. The summed E-state index contributed by atoms with van der Waals surface area (Å²) in [5.41, 5.74) is 1.17. The lowest BCUT2D eigenvalue weighted by molar-refractivity contribution is -0.124. The van der Waals surface area contributed by atoms with Crippen LogP contribution in [0.25, 0.3) is 0 Å².